The first-order chi connectivity index (χ1) is 11.0. The fourth-order valence-electron chi connectivity index (χ4n) is 2.69. The Balaban J connectivity index is 2.15. The maximum absolute atomic E-state index is 13.0. The van der Waals surface area contributed by atoms with E-state index in [-0.39, 0.29) is 17.9 Å². The zero-order valence-corrected chi connectivity index (χ0v) is 14.6. The highest BCUT2D eigenvalue weighted by molar-refractivity contribution is 7.20. The molecule has 0 aliphatic carbocycles. The highest BCUT2D eigenvalue weighted by Gasteiger charge is 2.18. The second kappa shape index (κ2) is 6.25. The molecule has 2 N–H and O–H groups in total. The Kier molecular flexibility index (Phi) is 4.32. The second-order valence-corrected chi connectivity index (χ2v) is 7.53. The van der Waals surface area contributed by atoms with Crippen molar-refractivity contribution in [2.45, 2.75) is 33.2 Å². The third-order valence-corrected chi connectivity index (χ3v) is 5.64. The molecule has 3 rings (SSSR count). The number of hydrogen-bond acceptors (Lipinski definition) is 5. The summed E-state index contributed by atoms with van der Waals surface area (Å²) in [6.07, 6.45) is 0.811. The van der Waals surface area contributed by atoms with Crippen molar-refractivity contribution < 1.29 is 4.79 Å². The number of aromatic nitrogens is 2. The Bertz CT molecular complexity index is 923. The number of fused-ring (bicyclic) bond motifs is 1. The van der Waals surface area contributed by atoms with Crippen molar-refractivity contribution in [2.24, 2.45) is 5.73 Å². The summed E-state index contributed by atoms with van der Waals surface area (Å²) in [6, 6.07) is 4.01. The highest BCUT2D eigenvalue weighted by Crippen LogP contribution is 2.37. The molecule has 0 bridgehead atoms. The van der Waals surface area contributed by atoms with E-state index in [1.807, 2.05) is 31.4 Å². The zero-order chi connectivity index (χ0) is 16.6. The summed E-state index contributed by atoms with van der Waals surface area (Å²) in [5.74, 6) is 0.321. The molecule has 0 aliphatic rings. The first kappa shape index (κ1) is 15.9. The lowest BCUT2D eigenvalue weighted by Gasteiger charge is -2.09. The van der Waals surface area contributed by atoms with Crippen molar-refractivity contribution in [3.05, 3.63) is 38.6 Å². The number of hydrogen-bond donors (Lipinski definition) is 1. The smallest absolute Gasteiger partial charge is 0.262 e. The van der Waals surface area contributed by atoms with Crippen LogP contribution < -0.4 is 11.3 Å². The van der Waals surface area contributed by atoms with Gasteiger partial charge in [-0.05, 0) is 31.7 Å². The van der Waals surface area contributed by atoms with Gasteiger partial charge in [0.1, 0.15) is 10.7 Å². The standard InChI is InChI=1S/C16H17N3O2S2/c1-9-13(11-5-4-8-22-11)14-15(23-9)18-10(2)19(16(14)21)7-3-6-12(17)20/h4-5,8H,3,6-7H2,1-2H3,(H2,17,20). The molecule has 0 saturated heterocycles. The van der Waals surface area contributed by atoms with Crippen molar-refractivity contribution in [3.63, 3.8) is 0 Å². The van der Waals surface area contributed by atoms with Gasteiger partial charge in [-0.2, -0.15) is 0 Å². The molecular formula is C16H17N3O2S2. The summed E-state index contributed by atoms with van der Waals surface area (Å²) >= 11 is 3.17. The minimum Gasteiger partial charge on any atom is -0.370 e. The number of primary amides is 1. The number of amides is 1. The summed E-state index contributed by atoms with van der Waals surface area (Å²) in [6.45, 7) is 4.30. The van der Waals surface area contributed by atoms with Crippen LogP contribution >= 0.6 is 22.7 Å². The Labute approximate surface area is 141 Å². The summed E-state index contributed by atoms with van der Waals surface area (Å²) in [5.41, 5.74) is 6.13. The van der Waals surface area contributed by atoms with Crippen LogP contribution in [0.4, 0.5) is 0 Å². The molecule has 3 aromatic rings. The van der Waals surface area contributed by atoms with Crippen LogP contribution in [0, 0.1) is 13.8 Å². The van der Waals surface area contributed by atoms with Gasteiger partial charge in [0.05, 0.1) is 5.39 Å². The molecule has 3 heterocycles. The van der Waals surface area contributed by atoms with Crippen LogP contribution in [0.3, 0.4) is 0 Å². The van der Waals surface area contributed by atoms with Crippen LogP contribution in [-0.2, 0) is 11.3 Å². The minimum absolute atomic E-state index is 0.0373. The summed E-state index contributed by atoms with van der Waals surface area (Å²) in [5, 5.41) is 2.69. The lowest BCUT2D eigenvalue weighted by molar-refractivity contribution is -0.118. The zero-order valence-electron chi connectivity index (χ0n) is 13.0. The largest absolute Gasteiger partial charge is 0.370 e. The van der Waals surface area contributed by atoms with Gasteiger partial charge in [0.2, 0.25) is 5.91 Å². The Hall–Kier alpha value is -1.99. The fourth-order valence-corrected chi connectivity index (χ4v) is 4.66. The Morgan fingerprint density at radius 1 is 1.39 bits per heavy atom. The van der Waals surface area contributed by atoms with Gasteiger partial charge in [-0.3, -0.25) is 14.2 Å². The SMILES string of the molecule is Cc1sc2nc(C)n(CCCC(N)=O)c(=O)c2c1-c1cccs1. The molecule has 0 atom stereocenters. The lowest BCUT2D eigenvalue weighted by Crippen LogP contribution is -2.24. The van der Waals surface area contributed by atoms with Gasteiger partial charge in [-0.15, -0.1) is 22.7 Å². The quantitative estimate of drug-likeness (QED) is 0.770. The summed E-state index contributed by atoms with van der Waals surface area (Å²) in [7, 11) is 0. The summed E-state index contributed by atoms with van der Waals surface area (Å²) in [4.78, 5) is 31.4. The molecule has 0 aromatic carbocycles. The number of nitrogens with two attached hydrogens (primary N) is 1. The normalized spacial score (nSPS) is 11.2. The number of carbonyl (C=O) groups is 1. The Morgan fingerprint density at radius 3 is 2.83 bits per heavy atom. The van der Waals surface area contributed by atoms with E-state index in [1.165, 1.54) is 0 Å². The van der Waals surface area contributed by atoms with Crippen LogP contribution in [0.5, 0.6) is 0 Å². The molecule has 0 radical (unpaired) electrons. The molecule has 120 valence electrons. The van der Waals surface area contributed by atoms with E-state index >= 15 is 0 Å². The molecule has 0 fully saturated rings. The van der Waals surface area contributed by atoms with Crippen molar-refractivity contribution >= 4 is 38.8 Å². The number of nitrogens with zero attached hydrogens (tertiary/aromatic N) is 2. The van der Waals surface area contributed by atoms with Crippen molar-refractivity contribution in [3.8, 4) is 10.4 Å². The van der Waals surface area contributed by atoms with Crippen molar-refractivity contribution in [2.75, 3.05) is 0 Å². The van der Waals surface area contributed by atoms with Gasteiger partial charge < -0.3 is 5.73 Å². The Morgan fingerprint density at radius 2 is 2.17 bits per heavy atom. The molecule has 0 unspecified atom stereocenters. The average molecular weight is 347 g/mol. The highest BCUT2D eigenvalue weighted by atomic mass is 32.1. The predicted molar refractivity (Wildman–Crippen MR) is 95.1 cm³/mol. The van der Waals surface area contributed by atoms with Gasteiger partial charge in [-0.25, -0.2) is 4.98 Å². The average Bonchev–Trinajstić information content (AvgIpc) is 3.09. The minimum atomic E-state index is -0.351. The van der Waals surface area contributed by atoms with Gasteiger partial charge in [-0.1, -0.05) is 6.07 Å². The third kappa shape index (κ3) is 2.94. The molecule has 3 aromatic heterocycles. The topological polar surface area (TPSA) is 78.0 Å². The number of thiophene rings is 2. The van der Waals surface area contributed by atoms with Gasteiger partial charge in [0.15, 0.2) is 0 Å². The molecular weight excluding hydrogens is 330 g/mol. The van der Waals surface area contributed by atoms with Crippen LogP contribution in [0.1, 0.15) is 23.5 Å². The van der Waals surface area contributed by atoms with Gasteiger partial charge in [0.25, 0.3) is 5.56 Å². The van der Waals surface area contributed by atoms with Crippen molar-refractivity contribution in [1.29, 1.82) is 0 Å². The van der Waals surface area contributed by atoms with E-state index in [1.54, 1.807) is 27.2 Å². The molecule has 1 amide bonds. The maximum Gasteiger partial charge on any atom is 0.262 e. The predicted octanol–water partition coefficient (Wildman–Crippen LogP) is 3.07. The number of carbonyl (C=O) groups excluding carboxylic acids is 1. The molecule has 0 saturated carbocycles. The van der Waals surface area contributed by atoms with E-state index in [0.717, 1.165) is 20.1 Å². The van der Waals surface area contributed by atoms with E-state index < -0.39 is 0 Å². The lowest BCUT2D eigenvalue weighted by atomic mass is 10.1. The second-order valence-electron chi connectivity index (χ2n) is 5.38. The monoisotopic (exact) mass is 347 g/mol. The first-order valence-corrected chi connectivity index (χ1v) is 9.01. The molecule has 0 aliphatic heterocycles. The maximum atomic E-state index is 13.0. The third-order valence-electron chi connectivity index (χ3n) is 3.75. The van der Waals surface area contributed by atoms with Crippen LogP contribution in [0.2, 0.25) is 0 Å². The molecule has 5 nitrogen and oxygen atoms in total. The van der Waals surface area contributed by atoms with Gasteiger partial charge >= 0.3 is 0 Å². The summed E-state index contributed by atoms with van der Waals surface area (Å²) < 4.78 is 1.65. The van der Waals surface area contributed by atoms with Crippen LogP contribution in [0.15, 0.2) is 22.3 Å². The number of rotatable bonds is 5. The van der Waals surface area contributed by atoms with Crippen LogP contribution in [0.25, 0.3) is 20.7 Å². The fraction of sp³-hybridized carbons (Fsp3) is 0.312. The van der Waals surface area contributed by atoms with E-state index in [2.05, 4.69) is 4.98 Å². The molecule has 7 heteroatoms. The molecule has 0 spiro atoms. The van der Waals surface area contributed by atoms with Crippen LogP contribution in [-0.4, -0.2) is 15.5 Å². The van der Waals surface area contributed by atoms with E-state index in [4.69, 9.17) is 5.73 Å². The van der Waals surface area contributed by atoms with Gasteiger partial charge in [0, 0.05) is 28.3 Å². The first-order valence-electron chi connectivity index (χ1n) is 7.31. The van der Waals surface area contributed by atoms with E-state index in [0.29, 0.717) is 24.2 Å². The van der Waals surface area contributed by atoms with E-state index in [9.17, 15) is 9.59 Å². The molecule has 23 heavy (non-hydrogen) atoms. The number of aryl methyl sites for hydroxylation is 2. The van der Waals surface area contributed by atoms with Crippen molar-refractivity contribution in [1.82, 2.24) is 9.55 Å².